The molecule has 1 unspecified atom stereocenters. The van der Waals surface area contributed by atoms with Crippen LogP contribution in [0.4, 0.5) is 13.2 Å². The van der Waals surface area contributed by atoms with Gasteiger partial charge in [0.2, 0.25) is 0 Å². The molecule has 1 saturated carbocycles. The summed E-state index contributed by atoms with van der Waals surface area (Å²) in [6, 6.07) is 5.42. The smallest absolute Gasteiger partial charge is 0.327 e. The van der Waals surface area contributed by atoms with E-state index in [1.807, 2.05) is 0 Å². The Kier molecular flexibility index (Phi) is 5.68. The highest BCUT2D eigenvalue weighted by atomic mass is 19.4. The fourth-order valence-corrected chi connectivity index (χ4v) is 3.16. The zero-order chi connectivity index (χ0) is 15.3. The molecule has 1 aromatic rings. The Morgan fingerprint density at radius 3 is 2.24 bits per heavy atom. The summed E-state index contributed by atoms with van der Waals surface area (Å²) in [6.45, 7) is 0. The van der Waals surface area contributed by atoms with Crippen LogP contribution >= 0.6 is 0 Å². The SMILES string of the molecule is NC(CCC1CCCCC1)Cc1ccc(C(F)(F)F)cc1. The molecular formula is C17H24F3N. The molecule has 1 aromatic carbocycles. The van der Waals surface area contributed by atoms with E-state index in [2.05, 4.69) is 0 Å². The minimum Gasteiger partial charge on any atom is -0.327 e. The predicted molar refractivity (Wildman–Crippen MR) is 78.9 cm³/mol. The second-order valence-electron chi connectivity index (χ2n) is 6.24. The Bertz CT molecular complexity index is 419. The van der Waals surface area contributed by atoms with E-state index in [-0.39, 0.29) is 6.04 Å². The molecule has 0 aliphatic heterocycles. The maximum atomic E-state index is 12.5. The van der Waals surface area contributed by atoms with Crippen molar-refractivity contribution in [2.24, 2.45) is 11.7 Å². The highest BCUT2D eigenvalue weighted by Gasteiger charge is 2.29. The van der Waals surface area contributed by atoms with Gasteiger partial charge >= 0.3 is 6.18 Å². The van der Waals surface area contributed by atoms with Gasteiger partial charge < -0.3 is 5.73 Å². The van der Waals surface area contributed by atoms with Crippen molar-refractivity contribution in [2.45, 2.75) is 63.6 Å². The zero-order valence-corrected chi connectivity index (χ0v) is 12.3. The summed E-state index contributed by atoms with van der Waals surface area (Å²) in [4.78, 5) is 0. The number of alkyl halides is 3. The van der Waals surface area contributed by atoms with Crippen LogP contribution in [0.1, 0.15) is 56.1 Å². The summed E-state index contributed by atoms with van der Waals surface area (Å²) in [6.07, 6.45) is 5.16. The average molecular weight is 299 g/mol. The second-order valence-corrected chi connectivity index (χ2v) is 6.24. The molecule has 0 saturated heterocycles. The van der Waals surface area contributed by atoms with E-state index in [1.54, 1.807) is 12.1 Å². The third kappa shape index (κ3) is 5.34. The van der Waals surface area contributed by atoms with E-state index < -0.39 is 11.7 Å². The van der Waals surface area contributed by atoms with Crippen LogP contribution in [-0.4, -0.2) is 6.04 Å². The summed E-state index contributed by atoms with van der Waals surface area (Å²) >= 11 is 0. The van der Waals surface area contributed by atoms with Gasteiger partial charge in [-0.25, -0.2) is 0 Å². The van der Waals surface area contributed by atoms with Crippen LogP contribution in [-0.2, 0) is 12.6 Å². The lowest BCUT2D eigenvalue weighted by atomic mass is 9.85. The Morgan fingerprint density at radius 2 is 1.67 bits per heavy atom. The number of hydrogen-bond acceptors (Lipinski definition) is 1. The third-order valence-electron chi connectivity index (χ3n) is 4.45. The van der Waals surface area contributed by atoms with Crippen LogP contribution < -0.4 is 5.73 Å². The molecule has 0 aromatic heterocycles. The predicted octanol–water partition coefficient (Wildman–Crippen LogP) is 4.94. The monoisotopic (exact) mass is 299 g/mol. The summed E-state index contributed by atoms with van der Waals surface area (Å²) in [5, 5.41) is 0. The number of rotatable bonds is 5. The molecule has 2 rings (SSSR count). The minimum absolute atomic E-state index is 0.0451. The number of benzene rings is 1. The lowest BCUT2D eigenvalue weighted by Crippen LogP contribution is -2.24. The van der Waals surface area contributed by atoms with Crippen molar-refractivity contribution in [3.05, 3.63) is 35.4 Å². The number of hydrogen-bond donors (Lipinski definition) is 1. The summed E-state index contributed by atoms with van der Waals surface area (Å²) in [5.41, 5.74) is 6.42. The summed E-state index contributed by atoms with van der Waals surface area (Å²) in [5.74, 6) is 0.803. The topological polar surface area (TPSA) is 26.0 Å². The van der Waals surface area contributed by atoms with Crippen molar-refractivity contribution < 1.29 is 13.2 Å². The molecule has 1 aliphatic rings. The lowest BCUT2D eigenvalue weighted by Gasteiger charge is -2.23. The Balaban J connectivity index is 1.78. The lowest BCUT2D eigenvalue weighted by molar-refractivity contribution is -0.137. The first-order valence-electron chi connectivity index (χ1n) is 7.87. The maximum Gasteiger partial charge on any atom is 0.416 e. The highest BCUT2D eigenvalue weighted by molar-refractivity contribution is 5.25. The summed E-state index contributed by atoms with van der Waals surface area (Å²) < 4.78 is 37.5. The minimum atomic E-state index is -4.26. The fraction of sp³-hybridized carbons (Fsp3) is 0.647. The Hall–Kier alpha value is -1.03. The molecule has 1 aliphatic carbocycles. The third-order valence-corrected chi connectivity index (χ3v) is 4.45. The van der Waals surface area contributed by atoms with Gasteiger partial charge in [-0.2, -0.15) is 13.2 Å². The van der Waals surface area contributed by atoms with Gasteiger partial charge in [-0.3, -0.25) is 0 Å². The van der Waals surface area contributed by atoms with E-state index in [0.717, 1.165) is 36.5 Å². The van der Waals surface area contributed by atoms with E-state index in [0.29, 0.717) is 6.42 Å². The van der Waals surface area contributed by atoms with Gasteiger partial charge in [0.1, 0.15) is 0 Å². The molecule has 0 amide bonds. The molecule has 2 N–H and O–H groups in total. The van der Waals surface area contributed by atoms with E-state index in [9.17, 15) is 13.2 Å². The first-order valence-corrected chi connectivity index (χ1v) is 7.87. The van der Waals surface area contributed by atoms with Crippen LogP contribution in [0, 0.1) is 5.92 Å². The van der Waals surface area contributed by atoms with Gasteiger partial charge in [-0.1, -0.05) is 44.2 Å². The van der Waals surface area contributed by atoms with Crippen molar-refractivity contribution in [2.75, 3.05) is 0 Å². The highest BCUT2D eigenvalue weighted by Crippen LogP contribution is 2.30. The molecule has 1 fully saturated rings. The molecule has 118 valence electrons. The van der Waals surface area contributed by atoms with E-state index in [4.69, 9.17) is 5.73 Å². The van der Waals surface area contributed by atoms with Crippen molar-refractivity contribution in [3.8, 4) is 0 Å². The maximum absolute atomic E-state index is 12.5. The van der Waals surface area contributed by atoms with Crippen molar-refractivity contribution in [1.29, 1.82) is 0 Å². The molecule has 1 nitrogen and oxygen atoms in total. The Morgan fingerprint density at radius 1 is 1.05 bits per heavy atom. The van der Waals surface area contributed by atoms with Gasteiger partial charge in [0.25, 0.3) is 0 Å². The number of nitrogens with two attached hydrogens (primary N) is 1. The van der Waals surface area contributed by atoms with Crippen LogP contribution in [0.5, 0.6) is 0 Å². The molecule has 0 spiro atoms. The standard InChI is InChI=1S/C17H24F3N/c18-17(19,20)15-9-6-14(7-10-15)12-16(21)11-8-13-4-2-1-3-5-13/h6-7,9-10,13,16H,1-5,8,11-12,21H2. The fourth-order valence-electron chi connectivity index (χ4n) is 3.16. The molecule has 1 atom stereocenters. The molecule has 0 radical (unpaired) electrons. The van der Waals surface area contributed by atoms with E-state index in [1.165, 1.54) is 32.1 Å². The first kappa shape index (κ1) is 16.3. The second kappa shape index (κ2) is 7.30. The largest absolute Gasteiger partial charge is 0.416 e. The van der Waals surface area contributed by atoms with Crippen molar-refractivity contribution >= 4 is 0 Å². The molecule has 21 heavy (non-hydrogen) atoms. The molecular weight excluding hydrogens is 275 g/mol. The number of halogens is 3. The van der Waals surface area contributed by atoms with Crippen molar-refractivity contribution in [1.82, 2.24) is 0 Å². The molecule has 0 heterocycles. The van der Waals surface area contributed by atoms with Crippen LogP contribution in [0.3, 0.4) is 0 Å². The van der Waals surface area contributed by atoms with Crippen LogP contribution in [0.25, 0.3) is 0 Å². The van der Waals surface area contributed by atoms with Gasteiger partial charge in [-0.05, 0) is 42.9 Å². The summed E-state index contributed by atoms with van der Waals surface area (Å²) in [7, 11) is 0. The van der Waals surface area contributed by atoms with Crippen molar-refractivity contribution in [3.63, 3.8) is 0 Å². The zero-order valence-electron chi connectivity index (χ0n) is 12.3. The van der Waals surface area contributed by atoms with Crippen LogP contribution in [0.2, 0.25) is 0 Å². The molecule has 4 heteroatoms. The molecule has 0 bridgehead atoms. The van der Waals surface area contributed by atoms with Gasteiger partial charge in [0.05, 0.1) is 5.56 Å². The normalized spacial score (nSPS) is 18.7. The Labute approximate surface area is 124 Å². The van der Waals surface area contributed by atoms with Gasteiger partial charge in [-0.15, -0.1) is 0 Å². The van der Waals surface area contributed by atoms with Gasteiger partial charge in [0, 0.05) is 6.04 Å². The first-order chi connectivity index (χ1) is 9.95. The van der Waals surface area contributed by atoms with E-state index >= 15 is 0 Å². The van der Waals surface area contributed by atoms with Gasteiger partial charge in [0.15, 0.2) is 0 Å². The van der Waals surface area contributed by atoms with Crippen LogP contribution in [0.15, 0.2) is 24.3 Å². The quantitative estimate of drug-likeness (QED) is 0.819. The average Bonchev–Trinajstić information content (AvgIpc) is 2.46.